The van der Waals surface area contributed by atoms with Crippen molar-refractivity contribution in [3.8, 4) is 5.88 Å². The van der Waals surface area contributed by atoms with E-state index in [0.29, 0.717) is 17.5 Å². The van der Waals surface area contributed by atoms with Crippen LogP contribution < -0.4 is 15.4 Å². The number of hydrogen-bond donors (Lipinski definition) is 1. The van der Waals surface area contributed by atoms with E-state index in [1.165, 1.54) is 0 Å². The largest absolute Gasteiger partial charge is 0.478 e. The van der Waals surface area contributed by atoms with Crippen molar-refractivity contribution in [2.75, 3.05) is 18.6 Å². The Hall–Kier alpha value is -2.14. The Morgan fingerprint density at radius 1 is 1.29 bits per heavy atom. The van der Waals surface area contributed by atoms with Crippen molar-refractivity contribution in [1.82, 2.24) is 4.98 Å². The van der Waals surface area contributed by atoms with Gasteiger partial charge in [-0.1, -0.05) is 36.5 Å². The predicted molar refractivity (Wildman–Crippen MR) is 89.8 cm³/mol. The maximum Gasteiger partial charge on any atom is 0.215 e. The zero-order valence-electron chi connectivity index (χ0n) is 12.2. The van der Waals surface area contributed by atoms with Crippen LogP contribution in [0.4, 0.5) is 5.82 Å². The number of ether oxygens (including phenoxy) is 1. The van der Waals surface area contributed by atoms with Crippen LogP contribution in [0.2, 0.25) is 0 Å². The number of aromatic nitrogens is 1. The molecule has 5 heteroatoms. The SMILES string of the molecule is CCOc1cccc(N(C)Cc2cccc(C(N)=S)c2)n1. The van der Waals surface area contributed by atoms with Crippen molar-refractivity contribution < 1.29 is 4.74 Å². The number of anilines is 1. The van der Waals surface area contributed by atoms with Crippen LogP contribution in [0.25, 0.3) is 0 Å². The van der Waals surface area contributed by atoms with E-state index in [-0.39, 0.29) is 0 Å². The molecule has 1 aromatic carbocycles. The minimum atomic E-state index is 0.413. The Morgan fingerprint density at radius 3 is 2.76 bits per heavy atom. The lowest BCUT2D eigenvalue weighted by Crippen LogP contribution is -2.18. The Morgan fingerprint density at radius 2 is 2.05 bits per heavy atom. The fourth-order valence-corrected chi connectivity index (χ4v) is 2.15. The Kier molecular flexibility index (Phi) is 5.11. The maximum atomic E-state index is 5.67. The first-order chi connectivity index (χ1) is 10.1. The van der Waals surface area contributed by atoms with E-state index in [2.05, 4.69) is 9.88 Å². The monoisotopic (exact) mass is 301 g/mol. The summed E-state index contributed by atoms with van der Waals surface area (Å²) in [5.41, 5.74) is 7.68. The molecule has 0 radical (unpaired) electrons. The molecule has 0 aliphatic carbocycles. The molecule has 0 amide bonds. The highest BCUT2D eigenvalue weighted by Crippen LogP contribution is 2.17. The minimum Gasteiger partial charge on any atom is -0.478 e. The summed E-state index contributed by atoms with van der Waals surface area (Å²) in [6, 6.07) is 13.7. The molecule has 0 spiro atoms. The first-order valence-electron chi connectivity index (χ1n) is 6.80. The van der Waals surface area contributed by atoms with Crippen molar-refractivity contribution in [3.05, 3.63) is 53.6 Å². The smallest absolute Gasteiger partial charge is 0.215 e. The summed E-state index contributed by atoms with van der Waals surface area (Å²) < 4.78 is 5.43. The maximum absolute atomic E-state index is 5.67. The van der Waals surface area contributed by atoms with Crippen LogP contribution in [0.5, 0.6) is 5.88 Å². The molecule has 4 nitrogen and oxygen atoms in total. The molecular formula is C16H19N3OS. The van der Waals surface area contributed by atoms with Gasteiger partial charge in [-0.3, -0.25) is 0 Å². The third-order valence-corrected chi connectivity index (χ3v) is 3.26. The second kappa shape index (κ2) is 7.04. The van der Waals surface area contributed by atoms with E-state index >= 15 is 0 Å². The van der Waals surface area contributed by atoms with E-state index in [1.807, 2.05) is 56.4 Å². The molecular weight excluding hydrogens is 282 g/mol. The predicted octanol–water partition coefficient (Wildman–Crippen LogP) is 2.75. The molecule has 0 atom stereocenters. The van der Waals surface area contributed by atoms with Gasteiger partial charge in [-0.2, -0.15) is 4.98 Å². The van der Waals surface area contributed by atoms with Gasteiger partial charge in [0.15, 0.2) is 0 Å². The number of benzene rings is 1. The van der Waals surface area contributed by atoms with Gasteiger partial charge >= 0.3 is 0 Å². The quantitative estimate of drug-likeness (QED) is 0.831. The number of thiocarbonyl (C=S) groups is 1. The van der Waals surface area contributed by atoms with E-state index in [1.54, 1.807) is 0 Å². The summed E-state index contributed by atoms with van der Waals surface area (Å²) in [5, 5.41) is 0. The molecule has 1 aromatic heterocycles. The highest BCUT2D eigenvalue weighted by Gasteiger charge is 2.06. The summed E-state index contributed by atoms with van der Waals surface area (Å²) in [5.74, 6) is 1.50. The molecule has 0 fully saturated rings. The van der Waals surface area contributed by atoms with Crippen LogP contribution in [0.1, 0.15) is 18.1 Å². The van der Waals surface area contributed by atoms with Crippen molar-refractivity contribution in [1.29, 1.82) is 0 Å². The van der Waals surface area contributed by atoms with Gasteiger partial charge in [0, 0.05) is 25.2 Å². The van der Waals surface area contributed by atoms with Crippen molar-refractivity contribution >= 4 is 23.0 Å². The van der Waals surface area contributed by atoms with Crippen LogP contribution in [0.3, 0.4) is 0 Å². The molecule has 2 N–H and O–H groups in total. The second-order valence-corrected chi connectivity index (χ2v) is 5.13. The zero-order valence-corrected chi connectivity index (χ0v) is 13.1. The van der Waals surface area contributed by atoms with Crippen molar-refractivity contribution in [2.24, 2.45) is 5.73 Å². The van der Waals surface area contributed by atoms with Gasteiger partial charge in [0.2, 0.25) is 5.88 Å². The van der Waals surface area contributed by atoms with E-state index < -0.39 is 0 Å². The Bertz CT molecular complexity index is 630. The number of nitrogens with zero attached hydrogens (tertiary/aromatic N) is 2. The molecule has 110 valence electrons. The number of pyridine rings is 1. The molecule has 0 saturated carbocycles. The molecule has 0 bridgehead atoms. The standard InChI is InChI=1S/C16H19N3OS/c1-3-20-15-9-5-8-14(18-15)19(2)11-12-6-4-7-13(10-12)16(17)21/h4-10H,3,11H2,1-2H3,(H2,17,21). The number of nitrogens with two attached hydrogens (primary N) is 1. The van der Waals surface area contributed by atoms with Gasteiger partial charge in [0.1, 0.15) is 10.8 Å². The van der Waals surface area contributed by atoms with Gasteiger partial charge in [-0.15, -0.1) is 0 Å². The van der Waals surface area contributed by atoms with Gasteiger partial charge in [-0.05, 0) is 24.6 Å². The average molecular weight is 301 g/mol. The normalized spacial score (nSPS) is 10.2. The number of rotatable bonds is 6. The number of hydrogen-bond acceptors (Lipinski definition) is 4. The highest BCUT2D eigenvalue weighted by molar-refractivity contribution is 7.80. The summed E-state index contributed by atoms with van der Waals surface area (Å²) in [7, 11) is 1.99. The molecule has 2 aromatic rings. The molecule has 0 aliphatic heterocycles. The third-order valence-electron chi connectivity index (χ3n) is 3.02. The molecule has 2 rings (SSSR count). The molecule has 1 heterocycles. The van der Waals surface area contributed by atoms with Crippen LogP contribution in [0.15, 0.2) is 42.5 Å². The fourth-order valence-electron chi connectivity index (χ4n) is 2.02. The van der Waals surface area contributed by atoms with E-state index in [4.69, 9.17) is 22.7 Å². The van der Waals surface area contributed by atoms with Crippen molar-refractivity contribution in [2.45, 2.75) is 13.5 Å². The Balaban J connectivity index is 2.13. The van der Waals surface area contributed by atoms with Crippen LogP contribution in [-0.4, -0.2) is 23.6 Å². The molecule has 21 heavy (non-hydrogen) atoms. The lowest BCUT2D eigenvalue weighted by Gasteiger charge is -2.19. The molecule has 0 aliphatic rings. The summed E-state index contributed by atoms with van der Waals surface area (Å²) in [4.78, 5) is 6.94. The summed E-state index contributed by atoms with van der Waals surface area (Å²) in [6.07, 6.45) is 0. The molecule has 0 saturated heterocycles. The summed E-state index contributed by atoms with van der Waals surface area (Å²) in [6.45, 7) is 3.27. The van der Waals surface area contributed by atoms with Crippen LogP contribution >= 0.6 is 12.2 Å². The van der Waals surface area contributed by atoms with Gasteiger partial charge < -0.3 is 15.4 Å². The first kappa shape index (κ1) is 15.3. The second-order valence-electron chi connectivity index (χ2n) is 4.69. The third kappa shape index (κ3) is 4.16. The first-order valence-corrected chi connectivity index (χ1v) is 7.20. The lowest BCUT2D eigenvalue weighted by molar-refractivity contribution is 0.327. The van der Waals surface area contributed by atoms with Gasteiger partial charge in [-0.25, -0.2) is 0 Å². The fraction of sp³-hybridized carbons (Fsp3) is 0.250. The topological polar surface area (TPSA) is 51.4 Å². The van der Waals surface area contributed by atoms with Crippen LogP contribution in [0, 0.1) is 0 Å². The average Bonchev–Trinajstić information content (AvgIpc) is 2.48. The van der Waals surface area contributed by atoms with Gasteiger partial charge in [0.05, 0.1) is 6.61 Å². The van der Waals surface area contributed by atoms with Crippen LogP contribution in [-0.2, 0) is 6.54 Å². The highest BCUT2D eigenvalue weighted by atomic mass is 32.1. The van der Waals surface area contributed by atoms with E-state index in [0.717, 1.165) is 23.5 Å². The lowest BCUT2D eigenvalue weighted by atomic mass is 10.1. The van der Waals surface area contributed by atoms with Crippen molar-refractivity contribution in [3.63, 3.8) is 0 Å². The molecule has 0 unspecified atom stereocenters. The minimum absolute atomic E-state index is 0.413. The van der Waals surface area contributed by atoms with E-state index in [9.17, 15) is 0 Å². The van der Waals surface area contributed by atoms with Gasteiger partial charge in [0.25, 0.3) is 0 Å². The zero-order chi connectivity index (χ0) is 15.2. The summed E-state index contributed by atoms with van der Waals surface area (Å²) >= 11 is 5.01. The Labute approximate surface area is 130 Å².